The van der Waals surface area contributed by atoms with Crippen LogP contribution in [-0.4, -0.2) is 42.2 Å². The van der Waals surface area contributed by atoms with Crippen molar-refractivity contribution < 1.29 is 4.74 Å². The molecule has 0 aliphatic carbocycles. The van der Waals surface area contributed by atoms with E-state index in [-0.39, 0.29) is 0 Å². The monoisotopic (exact) mass is 255 g/mol. The number of nitrogens with zero attached hydrogens (tertiary/aromatic N) is 1. The highest BCUT2D eigenvalue weighted by atomic mass is 127. The van der Waals surface area contributed by atoms with Crippen molar-refractivity contribution in [3.63, 3.8) is 0 Å². The van der Waals surface area contributed by atoms with Gasteiger partial charge in [0.2, 0.25) is 0 Å². The molecule has 60 valence electrons. The van der Waals surface area contributed by atoms with Gasteiger partial charge in [-0.3, -0.25) is 0 Å². The van der Waals surface area contributed by atoms with E-state index in [9.17, 15) is 0 Å². The first-order chi connectivity index (χ1) is 4.93. The van der Waals surface area contributed by atoms with E-state index in [4.69, 9.17) is 4.74 Å². The van der Waals surface area contributed by atoms with E-state index in [2.05, 4.69) is 27.5 Å². The van der Waals surface area contributed by atoms with E-state index in [1.54, 1.807) is 0 Å². The predicted octanol–water partition coefficient (Wildman–Crippen LogP) is 1.14. The average molecular weight is 255 g/mol. The SMILES string of the molecule is ICCN1CCCOCC1. The van der Waals surface area contributed by atoms with Crippen LogP contribution in [0.5, 0.6) is 0 Å². The van der Waals surface area contributed by atoms with Crippen molar-refractivity contribution >= 4 is 22.6 Å². The zero-order valence-electron chi connectivity index (χ0n) is 6.18. The van der Waals surface area contributed by atoms with Gasteiger partial charge in [-0.25, -0.2) is 0 Å². The summed E-state index contributed by atoms with van der Waals surface area (Å²) < 4.78 is 6.56. The summed E-state index contributed by atoms with van der Waals surface area (Å²) in [6, 6.07) is 0. The number of hydrogen-bond acceptors (Lipinski definition) is 2. The Morgan fingerprint density at radius 3 is 3.00 bits per heavy atom. The van der Waals surface area contributed by atoms with Crippen LogP contribution in [0.25, 0.3) is 0 Å². The molecule has 0 spiro atoms. The summed E-state index contributed by atoms with van der Waals surface area (Å²) >= 11 is 2.42. The fourth-order valence-corrected chi connectivity index (χ4v) is 1.82. The van der Waals surface area contributed by atoms with Crippen molar-refractivity contribution in [1.29, 1.82) is 0 Å². The highest BCUT2D eigenvalue weighted by molar-refractivity contribution is 14.1. The normalized spacial score (nSPS) is 22.5. The Labute approximate surface area is 76.1 Å². The summed E-state index contributed by atoms with van der Waals surface area (Å²) in [5.74, 6) is 0. The van der Waals surface area contributed by atoms with Crippen LogP contribution in [0, 0.1) is 0 Å². The summed E-state index contributed by atoms with van der Waals surface area (Å²) in [6.07, 6.45) is 1.20. The molecule has 0 radical (unpaired) electrons. The van der Waals surface area contributed by atoms with Crippen LogP contribution in [0.2, 0.25) is 0 Å². The predicted molar refractivity (Wildman–Crippen MR) is 50.8 cm³/mol. The van der Waals surface area contributed by atoms with Gasteiger partial charge in [0.15, 0.2) is 0 Å². The zero-order chi connectivity index (χ0) is 7.23. The first-order valence-electron chi connectivity index (χ1n) is 3.79. The number of hydrogen-bond donors (Lipinski definition) is 0. The Balaban J connectivity index is 2.15. The van der Waals surface area contributed by atoms with E-state index in [0.29, 0.717) is 0 Å². The minimum Gasteiger partial charge on any atom is -0.380 e. The molecular formula is C7H14INO. The van der Waals surface area contributed by atoms with E-state index in [0.717, 1.165) is 19.8 Å². The molecular weight excluding hydrogens is 241 g/mol. The number of halogens is 1. The molecule has 0 saturated carbocycles. The lowest BCUT2D eigenvalue weighted by Crippen LogP contribution is -2.28. The van der Waals surface area contributed by atoms with Crippen molar-refractivity contribution in [3.05, 3.63) is 0 Å². The molecule has 0 unspecified atom stereocenters. The van der Waals surface area contributed by atoms with Crippen LogP contribution < -0.4 is 0 Å². The Hall–Kier alpha value is 0.650. The molecule has 0 amide bonds. The molecule has 0 N–H and O–H groups in total. The third-order valence-corrected chi connectivity index (χ3v) is 2.20. The van der Waals surface area contributed by atoms with Crippen LogP contribution in [0.1, 0.15) is 6.42 Å². The Morgan fingerprint density at radius 2 is 2.20 bits per heavy atom. The molecule has 1 fully saturated rings. The second kappa shape index (κ2) is 5.32. The van der Waals surface area contributed by atoms with Gasteiger partial charge in [-0.2, -0.15) is 0 Å². The lowest BCUT2D eigenvalue weighted by atomic mass is 10.4. The molecule has 0 aromatic heterocycles. The molecule has 1 heterocycles. The van der Waals surface area contributed by atoms with E-state index in [1.165, 1.54) is 23.9 Å². The maximum atomic E-state index is 5.33. The van der Waals surface area contributed by atoms with Crippen molar-refractivity contribution in [2.24, 2.45) is 0 Å². The molecule has 2 nitrogen and oxygen atoms in total. The van der Waals surface area contributed by atoms with Gasteiger partial charge < -0.3 is 9.64 Å². The van der Waals surface area contributed by atoms with E-state index >= 15 is 0 Å². The van der Waals surface area contributed by atoms with Crippen LogP contribution in [0.3, 0.4) is 0 Å². The molecule has 10 heavy (non-hydrogen) atoms. The van der Waals surface area contributed by atoms with Crippen molar-refractivity contribution in [2.45, 2.75) is 6.42 Å². The smallest absolute Gasteiger partial charge is 0.0593 e. The van der Waals surface area contributed by atoms with Gasteiger partial charge in [-0.1, -0.05) is 22.6 Å². The van der Waals surface area contributed by atoms with Crippen molar-refractivity contribution in [1.82, 2.24) is 4.90 Å². The average Bonchev–Trinajstić information content (AvgIpc) is 2.17. The maximum absolute atomic E-state index is 5.33. The Morgan fingerprint density at radius 1 is 1.30 bits per heavy atom. The molecule has 1 saturated heterocycles. The van der Waals surface area contributed by atoms with E-state index in [1.807, 2.05) is 0 Å². The number of rotatable bonds is 2. The third kappa shape index (κ3) is 3.16. The minimum absolute atomic E-state index is 0.927. The summed E-state index contributed by atoms with van der Waals surface area (Å²) in [7, 11) is 0. The topological polar surface area (TPSA) is 12.5 Å². The highest BCUT2D eigenvalue weighted by Crippen LogP contribution is 1.99. The fourth-order valence-electron chi connectivity index (χ4n) is 1.14. The summed E-state index contributed by atoms with van der Waals surface area (Å²) in [4.78, 5) is 2.47. The van der Waals surface area contributed by atoms with Gasteiger partial charge in [0.1, 0.15) is 0 Å². The molecule has 1 aliphatic rings. The standard InChI is InChI=1S/C7H14INO/c8-2-4-9-3-1-6-10-7-5-9/h1-7H2. The highest BCUT2D eigenvalue weighted by Gasteiger charge is 2.06. The van der Waals surface area contributed by atoms with Gasteiger partial charge >= 0.3 is 0 Å². The Kier molecular flexibility index (Phi) is 4.65. The summed E-state index contributed by atoms with van der Waals surface area (Å²) in [5, 5.41) is 0. The molecule has 0 aromatic rings. The minimum atomic E-state index is 0.927. The zero-order valence-corrected chi connectivity index (χ0v) is 8.34. The van der Waals surface area contributed by atoms with E-state index < -0.39 is 0 Å². The fraction of sp³-hybridized carbons (Fsp3) is 1.00. The molecule has 3 heteroatoms. The van der Waals surface area contributed by atoms with Gasteiger partial charge in [-0.15, -0.1) is 0 Å². The number of alkyl halides is 1. The first kappa shape index (κ1) is 8.74. The molecule has 0 bridgehead atoms. The van der Waals surface area contributed by atoms with Crippen LogP contribution in [0.4, 0.5) is 0 Å². The van der Waals surface area contributed by atoms with Gasteiger partial charge in [0, 0.05) is 30.7 Å². The lowest BCUT2D eigenvalue weighted by molar-refractivity contribution is 0.142. The van der Waals surface area contributed by atoms with Gasteiger partial charge in [0.05, 0.1) is 6.61 Å². The maximum Gasteiger partial charge on any atom is 0.0593 e. The molecule has 0 atom stereocenters. The molecule has 1 rings (SSSR count). The first-order valence-corrected chi connectivity index (χ1v) is 5.32. The number of ether oxygens (including phenoxy) is 1. The van der Waals surface area contributed by atoms with Crippen LogP contribution >= 0.6 is 22.6 Å². The quantitative estimate of drug-likeness (QED) is 0.542. The summed E-state index contributed by atoms with van der Waals surface area (Å²) in [5.41, 5.74) is 0. The van der Waals surface area contributed by atoms with Crippen LogP contribution in [0.15, 0.2) is 0 Å². The summed E-state index contributed by atoms with van der Waals surface area (Å²) in [6.45, 7) is 5.46. The molecule has 0 aromatic carbocycles. The second-order valence-electron chi connectivity index (χ2n) is 2.50. The lowest BCUT2D eigenvalue weighted by Gasteiger charge is -2.16. The Bertz CT molecular complexity index is 81.7. The van der Waals surface area contributed by atoms with Gasteiger partial charge in [-0.05, 0) is 6.42 Å². The molecule has 1 aliphatic heterocycles. The third-order valence-electron chi connectivity index (χ3n) is 1.72. The van der Waals surface area contributed by atoms with Crippen molar-refractivity contribution in [3.8, 4) is 0 Å². The second-order valence-corrected chi connectivity index (χ2v) is 3.58. The van der Waals surface area contributed by atoms with Crippen molar-refractivity contribution in [2.75, 3.05) is 37.3 Å². The largest absolute Gasteiger partial charge is 0.380 e. The van der Waals surface area contributed by atoms with Gasteiger partial charge in [0.25, 0.3) is 0 Å². The van der Waals surface area contributed by atoms with Crippen LogP contribution in [-0.2, 0) is 4.74 Å².